The predicted molar refractivity (Wildman–Crippen MR) is 125 cm³/mol. The number of nitrogens with zero attached hydrogens (tertiary/aromatic N) is 2. The second-order valence-corrected chi connectivity index (χ2v) is 11.2. The summed E-state index contributed by atoms with van der Waals surface area (Å²) in [5, 5.41) is 30.9. The van der Waals surface area contributed by atoms with Gasteiger partial charge in [-0.15, -0.1) is 11.8 Å². The van der Waals surface area contributed by atoms with Crippen LogP contribution in [0.25, 0.3) is 0 Å². The lowest BCUT2D eigenvalue weighted by Crippen LogP contribution is -2.38. The van der Waals surface area contributed by atoms with Gasteiger partial charge in [0.2, 0.25) is 0 Å². The number of carbonyl (C=O) groups is 2. The van der Waals surface area contributed by atoms with E-state index < -0.39 is 67.5 Å². The number of rotatable bonds is 13. The SMILES string of the molecule is CCOC(=O)COP(=O)(NC(CC(C)C)C(=O)O)OC[C@H]1S[C@@H](n2ccc(N)nc2=O)[C@@H](O)[C@@H]1O. The van der Waals surface area contributed by atoms with Gasteiger partial charge in [-0.3, -0.25) is 18.4 Å². The fraction of sp³-hybridized carbons (Fsp3) is 0.684. The largest absolute Gasteiger partial charge is 0.480 e. The van der Waals surface area contributed by atoms with Gasteiger partial charge in [0.05, 0.1) is 24.6 Å². The van der Waals surface area contributed by atoms with Gasteiger partial charge in [0, 0.05) is 6.20 Å². The molecular formula is C19H31N4O10PS. The average molecular weight is 539 g/mol. The van der Waals surface area contributed by atoms with Crippen molar-refractivity contribution in [2.45, 2.75) is 56.1 Å². The molecule has 6 N–H and O–H groups in total. The zero-order valence-corrected chi connectivity index (χ0v) is 21.2. The molecule has 2 heterocycles. The minimum Gasteiger partial charge on any atom is -0.480 e. The highest BCUT2D eigenvalue weighted by Crippen LogP contribution is 2.48. The lowest BCUT2D eigenvalue weighted by atomic mass is 10.1. The number of aliphatic hydroxyl groups is 2. The van der Waals surface area contributed by atoms with Crippen molar-refractivity contribution < 1.29 is 43.3 Å². The van der Waals surface area contributed by atoms with E-state index in [-0.39, 0.29) is 24.8 Å². The molecule has 1 aliphatic rings. The Morgan fingerprint density at radius 2 is 2.00 bits per heavy atom. The molecule has 1 aliphatic heterocycles. The van der Waals surface area contributed by atoms with Crippen molar-refractivity contribution in [2.24, 2.45) is 5.92 Å². The van der Waals surface area contributed by atoms with Crippen LogP contribution in [0, 0.1) is 5.92 Å². The summed E-state index contributed by atoms with van der Waals surface area (Å²) in [5.41, 5.74) is 4.74. The van der Waals surface area contributed by atoms with Crippen molar-refractivity contribution in [2.75, 3.05) is 25.6 Å². The Bertz CT molecular complexity index is 993. The number of nitrogen functional groups attached to an aromatic ring is 1. The number of nitrogens with one attached hydrogen (secondary N) is 1. The summed E-state index contributed by atoms with van der Waals surface area (Å²) < 4.78 is 29.7. The molecule has 198 valence electrons. The van der Waals surface area contributed by atoms with Gasteiger partial charge >= 0.3 is 25.4 Å². The number of aromatic nitrogens is 2. The number of hydrogen-bond acceptors (Lipinski definition) is 12. The number of nitrogens with two attached hydrogens (primary N) is 1. The summed E-state index contributed by atoms with van der Waals surface area (Å²) in [4.78, 5) is 39.1. The van der Waals surface area contributed by atoms with Crippen molar-refractivity contribution >= 4 is 37.3 Å². The van der Waals surface area contributed by atoms with Crippen LogP contribution < -0.4 is 16.5 Å². The van der Waals surface area contributed by atoms with Gasteiger partial charge in [-0.25, -0.2) is 19.2 Å². The molecule has 0 aromatic carbocycles. The summed E-state index contributed by atoms with van der Waals surface area (Å²) in [6, 6.07) is 0.0365. The highest BCUT2D eigenvalue weighted by Gasteiger charge is 2.45. The molecule has 0 amide bonds. The number of thioether (sulfide) groups is 1. The molecule has 2 unspecified atom stereocenters. The van der Waals surface area contributed by atoms with Gasteiger partial charge < -0.3 is 25.8 Å². The van der Waals surface area contributed by atoms with Crippen molar-refractivity contribution in [3.05, 3.63) is 22.7 Å². The molecular weight excluding hydrogens is 507 g/mol. The van der Waals surface area contributed by atoms with Gasteiger partial charge in [-0.05, 0) is 25.3 Å². The van der Waals surface area contributed by atoms with Crippen LogP contribution in [0.2, 0.25) is 0 Å². The third-order valence-corrected chi connectivity index (χ3v) is 7.98. The van der Waals surface area contributed by atoms with Crippen molar-refractivity contribution in [1.29, 1.82) is 0 Å². The number of esters is 1. The molecule has 1 aromatic heterocycles. The van der Waals surface area contributed by atoms with Crippen LogP contribution in [-0.2, 0) is 27.9 Å². The molecule has 0 radical (unpaired) electrons. The first-order valence-electron chi connectivity index (χ1n) is 10.8. The third kappa shape index (κ3) is 8.27. The third-order valence-electron chi connectivity index (χ3n) is 4.85. The van der Waals surface area contributed by atoms with Gasteiger partial charge in [-0.1, -0.05) is 13.8 Å². The van der Waals surface area contributed by atoms with Crippen LogP contribution in [0.4, 0.5) is 5.82 Å². The monoisotopic (exact) mass is 538 g/mol. The fourth-order valence-electron chi connectivity index (χ4n) is 3.21. The molecule has 1 saturated heterocycles. The molecule has 6 atom stereocenters. The van der Waals surface area contributed by atoms with E-state index in [2.05, 4.69) is 10.1 Å². The van der Waals surface area contributed by atoms with E-state index in [1.165, 1.54) is 12.3 Å². The van der Waals surface area contributed by atoms with Crippen molar-refractivity contribution in [3.63, 3.8) is 0 Å². The second-order valence-electron chi connectivity index (χ2n) is 8.11. The fourth-order valence-corrected chi connectivity index (χ4v) is 6.21. The van der Waals surface area contributed by atoms with E-state index in [0.29, 0.717) is 0 Å². The van der Waals surface area contributed by atoms with Gasteiger partial charge in [0.15, 0.2) is 6.61 Å². The number of anilines is 1. The molecule has 14 nitrogen and oxygen atoms in total. The number of carboxylic acids is 1. The summed E-state index contributed by atoms with van der Waals surface area (Å²) in [6.07, 6.45) is -1.41. The van der Waals surface area contributed by atoms with E-state index in [0.717, 1.165) is 16.3 Å². The Morgan fingerprint density at radius 3 is 2.57 bits per heavy atom. The second kappa shape index (κ2) is 12.8. The first-order valence-corrected chi connectivity index (χ1v) is 13.3. The Morgan fingerprint density at radius 1 is 1.31 bits per heavy atom. The van der Waals surface area contributed by atoms with E-state index >= 15 is 0 Å². The maximum atomic E-state index is 13.3. The first kappa shape index (κ1) is 29.2. The molecule has 0 aliphatic carbocycles. The van der Waals surface area contributed by atoms with Gasteiger partial charge in [0.25, 0.3) is 0 Å². The average Bonchev–Trinajstić information content (AvgIpc) is 3.04. The molecule has 35 heavy (non-hydrogen) atoms. The Hall–Kier alpha value is -2.00. The van der Waals surface area contributed by atoms with Crippen LogP contribution in [0.1, 0.15) is 32.6 Å². The standard InChI is InChI=1S/C19H31N4O10PS/c1-4-31-14(24)9-33-34(30,22-11(18(27)28)7-10(2)3)32-8-12-15(25)16(26)17(35-12)23-6-5-13(20)21-19(23)29/h5-6,10-12,15-17,25-26H,4,7-9H2,1-3H3,(H,22,30)(H,27,28)(H2,20,21,29)/t11?,12-,15-,16+,17-,34?/m1/s1. The van der Waals surface area contributed by atoms with Crippen LogP contribution in [-0.4, -0.2) is 80.1 Å². The van der Waals surface area contributed by atoms with Crippen LogP contribution in [0.3, 0.4) is 0 Å². The Kier molecular flexibility index (Phi) is 10.7. The minimum atomic E-state index is -4.40. The first-order chi connectivity index (χ1) is 16.4. The molecule has 1 fully saturated rings. The number of hydrogen-bond donors (Lipinski definition) is 5. The molecule has 0 spiro atoms. The van der Waals surface area contributed by atoms with Crippen LogP contribution in [0.5, 0.6) is 0 Å². The van der Waals surface area contributed by atoms with Crippen molar-refractivity contribution in [3.8, 4) is 0 Å². The zero-order valence-electron chi connectivity index (χ0n) is 19.5. The summed E-state index contributed by atoms with van der Waals surface area (Å²) in [7, 11) is -4.40. The van der Waals surface area contributed by atoms with E-state index in [1.54, 1.807) is 20.8 Å². The maximum Gasteiger partial charge on any atom is 0.406 e. The molecule has 0 bridgehead atoms. The number of carboxylic acid groups (broad SMARTS) is 1. The smallest absolute Gasteiger partial charge is 0.406 e. The highest BCUT2D eigenvalue weighted by molar-refractivity contribution is 8.00. The summed E-state index contributed by atoms with van der Waals surface area (Å²) in [6.45, 7) is 3.91. The number of carbonyl (C=O) groups excluding carboxylic acids is 1. The maximum absolute atomic E-state index is 13.3. The van der Waals surface area contributed by atoms with E-state index in [4.69, 9.17) is 19.5 Å². The Labute approximate surface area is 205 Å². The normalized spacial score (nSPS) is 24.7. The van der Waals surface area contributed by atoms with Crippen molar-refractivity contribution in [1.82, 2.24) is 14.6 Å². The topological polar surface area (TPSA) is 213 Å². The van der Waals surface area contributed by atoms with Crippen LogP contribution in [0.15, 0.2) is 17.1 Å². The quantitative estimate of drug-likeness (QED) is 0.165. The molecule has 16 heteroatoms. The zero-order chi connectivity index (χ0) is 26.3. The van der Waals surface area contributed by atoms with E-state index in [9.17, 15) is 34.3 Å². The van der Waals surface area contributed by atoms with Gasteiger partial charge in [-0.2, -0.15) is 4.98 Å². The number of aliphatic carboxylic acids is 1. The minimum absolute atomic E-state index is 0.00990. The van der Waals surface area contributed by atoms with Crippen LogP contribution >= 0.6 is 19.5 Å². The summed E-state index contributed by atoms with van der Waals surface area (Å²) in [5.74, 6) is -2.24. The lowest BCUT2D eigenvalue weighted by Gasteiger charge is -2.25. The highest BCUT2D eigenvalue weighted by atomic mass is 32.2. The lowest BCUT2D eigenvalue weighted by molar-refractivity contribution is -0.145. The number of aliphatic hydroxyl groups excluding tert-OH is 2. The molecule has 1 aromatic rings. The van der Waals surface area contributed by atoms with Gasteiger partial charge in [0.1, 0.15) is 23.3 Å². The molecule has 2 rings (SSSR count). The summed E-state index contributed by atoms with van der Waals surface area (Å²) >= 11 is 0.954. The number of ether oxygens (including phenoxy) is 1. The van der Waals surface area contributed by atoms with E-state index in [1.807, 2.05) is 0 Å². The molecule has 0 saturated carbocycles. The predicted octanol–water partition coefficient (Wildman–Crippen LogP) is -0.0454. The Balaban J connectivity index is 2.17.